The van der Waals surface area contributed by atoms with E-state index in [0.29, 0.717) is 24.3 Å². The van der Waals surface area contributed by atoms with Gasteiger partial charge in [0, 0.05) is 18.0 Å². The largest absolute Gasteiger partial charge is 0.508 e. The van der Waals surface area contributed by atoms with Crippen LogP contribution in [0.15, 0.2) is 18.2 Å². The second-order valence-corrected chi connectivity index (χ2v) is 9.04. The lowest BCUT2D eigenvalue weighted by Crippen LogP contribution is -2.58. The molecule has 1 aromatic carbocycles. The molecule has 3 atom stereocenters. The van der Waals surface area contributed by atoms with Gasteiger partial charge >= 0.3 is 0 Å². The Morgan fingerprint density at radius 2 is 2.17 bits per heavy atom. The molecule has 1 aliphatic carbocycles. The molecule has 23 heavy (non-hydrogen) atoms. The number of rotatable bonds is 4. The molecule has 0 aromatic heterocycles. The molecule has 1 fully saturated rings. The van der Waals surface area contributed by atoms with Crippen LogP contribution in [0.5, 0.6) is 5.75 Å². The zero-order valence-electron chi connectivity index (χ0n) is 14.0. The molecule has 2 bridgehead atoms. The molecule has 0 spiro atoms. The first-order chi connectivity index (χ1) is 10.7. The summed E-state index contributed by atoms with van der Waals surface area (Å²) in [6.07, 6.45) is 3.95. The van der Waals surface area contributed by atoms with Gasteiger partial charge in [-0.15, -0.1) is 0 Å². The van der Waals surface area contributed by atoms with Gasteiger partial charge in [0.2, 0.25) is 10.0 Å². The molecule has 0 unspecified atom stereocenters. The first-order valence-electron chi connectivity index (χ1n) is 8.20. The number of hydrogen-bond acceptors (Lipinski definition) is 4. The minimum atomic E-state index is -3.18. The van der Waals surface area contributed by atoms with Crippen molar-refractivity contribution < 1.29 is 13.5 Å². The smallest absolute Gasteiger partial charge is 0.208 e. The van der Waals surface area contributed by atoms with Crippen molar-refractivity contribution in [2.45, 2.75) is 37.6 Å². The Balaban J connectivity index is 1.99. The monoisotopic (exact) mass is 338 g/mol. The van der Waals surface area contributed by atoms with Crippen LogP contribution in [0.25, 0.3) is 0 Å². The van der Waals surface area contributed by atoms with Crippen molar-refractivity contribution in [3.05, 3.63) is 29.3 Å². The Bertz CT molecular complexity index is 704. The van der Waals surface area contributed by atoms with Crippen LogP contribution in [0.2, 0.25) is 0 Å². The summed E-state index contributed by atoms with van der Waals surface area (Å²) in [5, 5.41) is 9.97. The first kappa shape index (κ1) is 16.7. The Morgan fingerprint density at radius 3 is 2.87 bits per heavy atom. The van der Waals surface area contributed by atoms with Gasteiger partial charge in [0.25, 0.3) is 0 Å². The lowest BCUT2D eigenvalue weighted by Gasteiger charge is -2.55. The number of likely N-dealkylation sites (N-methyl/N-ethyl adjacent to an activating group) is 1. The third-order valence-corrected chi connectivity index (χ3v) is 6.65. The molecule has 128 valence electrons. The lowest BCUT2D eigenvalue weighted by molar-refractivity contribution is 0.0367. The standard InChI is InChI=1S/C17H26N2O3S/c1-12-16-10-13-4-5-14(20)11-15(13)17(12,7-9-19(16)2)6-8-18-23(3,21)22/h4-5,11-12,16,18,20H,6-10H2,1-3H3/t12-,16+,17-/m0/s1. The van der Waals surface area contributed by atoms with E-state index in [1.807, 2.05) is 12.1 Å². The van der Waals surface area contributed by atoms with E-state index in [0.717, 1.165) is 25.8 Å². The van der Waals surface area contributed by atoms with Crippen molar-refractivity contribution in [2.24, 2.45) is 5.92 Å². The van der Waals surface area contributed by atoms with Gasteiger partial charge in [-0.05, 0) is 62.0 Å². The minimum absolute atomic E-state index is 0.0683. The highest BCUT2D eigenvalue weighted by Crippen LogP contribution is 2.51. The van der Waals surface area contributed by atoms with Crippen molar-refractivity contribution in [1.82, 2.24) is 9.62 Å². The van der Waals surface area contributed by atoms with Crippen LogP contribution in [0.1, 0.15) is 30.9 Å². The van der Waals surface area contributed by atoms with E-state index in [-0.39, 0.29) is 5.41 Å². The second-order valence-electron chi connectivity index (χ2n) is 7.20. The topological polar surface area (TPSA) is 69.6 Å². The number of benzene rings is 1. The van der Waals surface area contributed by atoms with Gasteiger partial charge in [0.05, 0.1) is 6.26 Å². The van der Waals surface area contributed by atoms with Crippen LogP contribution < -0.4 is 4.72 Å². The molecule has 0 saturated carbocycles. The Labute approximate surface area is 138 Å². The molecule has 1 saturated heterocycles. The van der Waals surface area contributed by atoms with E-state index in [9.17, 15) is 13.5 Å². The van der Waals surface area contributed by atoms with Crippen molar-refractivity contribution in [3.63, 3.8) is 0 Å². The molecule has 3 rings (SSSR count). The Kier molecular flexibility index (Phi) is 4.19. The Morgan fingerprint density at radius 1 is 1.43 bits per heavy atom. The number of piperidine rings is 1. The molecule has 5 nitrogen and oxygen atoms in total. The number of nitrogens with zero attached hydrogens (tertiary/aromatic N) is 1. The van der Waals surface area contributed by atoms with Crippen LogP contribution in [-0.4, -0.2) is 50.9 Å². The molecule has 2 N–H and O–H groups in total. The summed E-state index contributed by atoms with van der Waals surface area (Å²) in [7, 11) is -1.01. The lowest BCUT2D eigenvalue weighted by atomic mass is 9.56. The molecule has 0 radical (unpaired) electrons. The zero-order valence-corrected chi connectivity index (χ0v) is 14.9. The van der Waals surface area contributed by atoms with Gasteiger partial charge in [0.15, 0.2) is 0 Å². The van der Waals surface area contributed by atoms with Crippen molar-refractivity contribution in [2.75, 3.05) is 26.4 Å². The fraction of sp³-hybridized carbons (Fsp3) is 0.647. The average Bonchev–Trinajstić information content (AvgIpc) is 2.45. The predicted octanol–water partition coefficient (Wildman–Crippen LogP) is 1.47. The average molecular weight is 338 g/mol. The van der Waals surface area contributed by atoms with Gasteiger partial charge < -0.3 is 10.0 Å². The highest BCUT2D eigenvalue weighted by Gasteiger charge is 2.50. The van der Waals surface area contributed by atoms with Crippen molar-refractivity contribution in [1.29, 1.82) is 0 Å². The first-order valence-corrected chi connectivity index (χ1v) is 10.1. The van der Waals surface area contributed by atoms with Crippen LogP contribution in [0.3, 0.4) is 0 Å². The maximum absolute atomic E-state index is 11.4. The molecule has 6 heteroatoms. The van der Waals surface area contributed by atoms with Gasteiger partial charge in [-0.3, -0.25) is 0 Å². The molecular formula is C17H26N2O3S. The molecule has 2 aliphatic rings. The zero-order chi connectivity index (χ0) is 16.8. The number of phenols is 1. The second kappa shape index (κ2) is 5.76. The third kappa shape index (κ3) is 2.99. The summed E-state index contributed by atoms with van der Waals surface area (Å²) in [4.78, 5) is 2.42. The summed E-state index contributed by atoms with van der Waals surface area (Å²) >= 11 is 0. The summed E-state index contributed by atoms with van der Waals surface area (Å²) in [6, 6.07) is 6.15. The highest BCUT2D eigenvalue weighted by molar-refractivity contribution is 7.88. The van der Waals surface area contributed by atoms with Crippen LogP contribution >= 0.6 is 0 Å². The van der Waals surface area contributed by atoms with Gasteiger partial charge in [0.1, 0.15) is 5.75 Å². The van der Waals surface area contributed by atoms with E-state index in [1.165, 1.54) is 17.4 Å². The van der Waals surface area contributed by atoms with E-state index < -0.39 is 10.0 Å². The fourth-order valence-corrected chi connectivity index (χ4v) is 5.08. The molecule has 1 aromatic rings. The normalized spacial score (nSPS) is 30.9. The maximum Gasteiger partial charge on any atom is 0.208 e. The van der Waals surface area contributed by atoms with Crippen LogP contribution in [0.4, 0.5) is 0 Å². The molecular weight excluding hydrogens is 312 g/mol. The Hall–Kier alpha value is -1.11. The number of nitrogens with one attached hydrogen (secondary N) is 1. The van der Waals surface area contributed by atoms with Crippen LogP contribution in [-0.2, 0) is 21.9 Å². The number of hydrogen-bond donors (Lipinski definition) is 2. The molecule has 1 heterocycles. The van der Waals surface area contributed by atoms with E-state index in [2.05, 4.69) is 23.6 Å². The van der Waals surface area contributed by atoms with Crippen LogP contribution in [0, 0.1) is 5.92 Å². The quantitative estimate of drug-likeness (QED) is 0.872. The number of sulfonamides is 1. The molecule has 1 aliphatic heterocycles. The predicted molar refractivity (Wildman–Crippen MR) is 91.2 cm³/mol. The maximum atomic E-state index is 11.4. The fourth-order valence-electron chi connectivity index (χ4n) is 4.61. The number of aromatic hydroxyl groups is 1. The van der Waals surface area contributed by atoms with Crippen molar-refractivity contribution in [3.8, 4) is 5.75 Å². The summed E-state index contributed by atoms with van der Waals surface area (Å²) in [5.74, 6) is 0.723. The number of likely N-dealkylation sites (tertiary alicyclic amines) is 1. The van der Waals surface area contributed by atoms with Gasteiger partial charge in [-0.2, -0.15) is 0 Å². The van der Waals surface area contributed by atoms with E-state index in [1.54, 1.807) is 6.07 Å². The third-order valence-electron chi connectivity index (χ3n) is 5.92. The van der Waals surface area contributed by atoms with E-state index in [4.69, 9.17) is 0 Å². The van der Waals surface area contributed by atoms with Gasteiger partial charge in [-0.1, -0.05) is 13.0 Å². The summed E-state index contributed by atoms with van der Waals surface area (Å²) in [5.41, 5.74) is 2.43. The SMILES string of the molecule is C[C@H]1[C@H]2Cc3ccc(O)cc3[C@@]1(CCNS(C)(=O)=O)CCN2C. The minimum Gasteiger partial charge on any atom is -0.508 e. The number of fused-ring (bicyclic) bond motifs is 4. The van der Waals surface area contributed by atoms with E-state index >= 15 is 0 Å². The summed E-state index contributed by atoms with van der Waals surface area (Å²) in [6.45, 7) is 3.71. The summed E-state index contributed by atoms with van der Waals surface area (Å²) < 4.78 is 25.5. The number of phenolic OH excluding ortho intramolecular Hbond substituents is 1. The molecule has 0 amide bonds. The van der Waals surface area contributed by atoms with Gasteiger partial charge in [-0.25, -0.2) is 13.1 Å². The highest BCUT2D eigenvalue weighted by atomic mass is 32.2. The van der Waals surface area contributed by atoms with Crippen molar-refractivity contribution >= 4 is 10.0 Å².